The van der Waals surface area contributed by atoms with Gasteiger partial charge in [-0.25, -0.2) is 9.37 Å². The first-order valence-electron chi connectivity index (χ1n) is 18.8. The van der Waals surface area contributed by atoms with Gasteiger partial charge in [0.25, 0.3) is 0 Å². The van der Waals surface area contributed by atoms with E-state index in [1.165, 1.54) is 28.8 Å². The van der Waals surface area contributed by atoms with Gasteiger partial charge in [-0.15, -0.1) is 59.2 Å². The van der Waals surface area contributed by atoms with Gasteiger partial charge in [0.1, 0.15) is 10.6 Å². The topological polar surface area (TPSA) is 38.7 Å². The first-order valence-corrected chi connectivity index (χ1v) is 19.6. The second-order valence-electron chi connectivity index (χ2n) is 14.0. The smallest absolute Gasteiger partial charge is 0.142 e. The molecule has 7 heteroatoms. The molecular formula is C40H44FIrN3SSi-2. The van der Waals surface area contributed by atoms with E-state index in [1.54, 1.807) is 30.3 Å². The summed E-state index contributed by atoms with van der Waals surface area (Å²) in [7, 11) is -1.61. The summed E-state index contributed by atoms with van der Waals surface area (Å²) in [4.78, 5) is 13.9. The Morgan fingerprint density at radius 3 is 2.36 bits per heavy atom. The molecule has 247 valence electrons. The van der Waals surface area contributed by atoms with Gasteiger partial charge in [0.2, 0.25) is 0 Å². The van der Waals surface area contributed by atoms with E-state index in [2.05, 4.69) is 67.5 Å². The maximum absolute atomic E-state index is 14.3. The summed E-state index contributed by atoms with van der Waals surface area (Å²) in [5, 5.41) is 3.04. The average molecular weight is 845 g/mol. The third kappa shape index (κ3) is 8.69. The summed E-state index contributed by atoms with van der Waals surface area (Å²) in [6.07, 6.45) is 3.75. The van der Waals surface area contributed by atoms with Gasteiger partial charge in [-0.2, -0.15) is 11.3 Å². The number of benzene rings is 2. The zero-order valence-electron chi connectivity index (χ0n) is 35.0. The molecule has 0 spiro atoms. The molecule has 6 rings (SSSR count). The first-order chi connectivity index (χ1) is 24.3. The van der Waals surface area contributed by atoms with E-state index in [4.69, 9.17) is 9.60 Å². The molecule has 6 aromatic rings. The number of hydrogen-bond acceptors (Lipinski definition) is 4. The van der Waals surface area contributed by atoms with Crippen LogP contribution in [0.5, 0.6) is 0 Å². The third-order valence-corrected chi connectivity index (χ3v) is 10.7. The van der Waals surface area contributed by atoms with E-state index in [1.807, 2.05) is 38.2 Å². The van der Waals surface area contributed by atoms with Crippen molar-refractivity contribution >= 4 is 44.9 Å². The van der Waals surface area contributed by atoms with E-state index in [9.17, 15) is 4.39 Å². The van der Waals surface area contributed by atoms with Crippen molar-refractivity contribution in [2.24, 2.45) is 5.41 Å². The van der Waals surface area contributed by atoms with Crippen molar-refractivity contribution in [3.05, 3.63) is 107 Å². The molecule has 3 nitrogen and oxygen atoms in total. The fourth-order valence-corrected chi connectivity index (χ4v) is 8.10. The molecule has 0 N–H and O–H groups in total. The van der Waals surface area contributed by atoms with Crippen molar-refractivity contribution < 1.29 is 34.1 Å². The number of aromatic nitrogens is 3. The van der Waals surface area contributed by atoms with Crippen molar-refractivity contribution in [3.8, 4) is 22.5 Å². The minimum Gasteiger partial charge on any atom is -0.305 e. The molecule has 0 saturated carbocycles. The maximum Gasteiger partial charge on any atom is 0.142 e. The van der Waals surface area contributed by atoms with Crippen molar-refractivity contribution in [2.45, 2.75) is 80.3 Å². The van der Waals surface area contributed by atoms with Crippen LogP contribution in [0.2, 0.25) is 19.6 Å². The van der Waals surface area contributed by atoms with Crippen LogP contribution in [-0.4, -0.2) is 23.0 Å². The van der Waals surface area contributed by atoms with Gasteiger partial charge < -0.3 is 9.97 Å². The Balaban J connectivity index is 0.000000241. The molecule has 0 aliphatic heterocycles. The number of aryl methyl sites for hydroxylation is 2. The molecule has 0 amide bonds. The molecule has 0 aliphatic rings. The van der Waals surface area contributed by atoms with Crippen LogP contribution < -0.4 is 5.19 Å². The molecule has 4 aromatic heterocycles. The van der Waals surface area contributed by atoms with E-state index in [-0.39, 0.29) is 42.6 Å². The van der Waals surface area contributed by atoms with Crippen LogP contribution in [0.1, 0.15) is 72.5 Å². The van der Waals surface area contributed by atoms with Gasteiger partial charge in [-0.3, -0.25) is 0 Å². The van der Waals surface area contributed by atoms with E-state index in [0.29, 0.717) is 22.5 Å². The third-order valence-electron chi connectivity index (χ3n) is 7.55. The SMILES string of the molecule is [2H]C([2H])([2H])c1c[c-]c(-c2cc(C([2H])(C)C)c([Si](C)(C)C)cn2)cc1.[2H]C([2H])([2H])c1ccc2c(n1)sc1c(-c3cc(CC(C)(C)C)c(F)cn3)[c-]ccc12.[Ir]. The number of fused-ring (bicyclic) bond motifs is 3. The summed E-state index contributed by atoms with van der Waals surface area (Å²) in [5.41, 5.74) is 4.80. The fourth-order valence-electron chi connectivity index (χ4n) is 5.33. The molecule has 2 aromatic carbocycles. The van der Waals surface area contributed by atoms with Crippen LogP contribution in [0.15, 0.2) is 67.0 Å². The summed E-state index contributed by atoms with van der Waals surface area (Å²) in [5.74, 6) is -1.03. The van der Waals surface area contributed by atoms with Crippen molar-refractivity contribution in [2.75, 3.05) is 0 Å². The molecule has 0 aliphatic carbocycles. The van der Waals surface area contributed by atoms with Crippen molar-refractivity contribution in [1.29, 1.82) is 0 Å². The zero-order valence-corrected chi connectivity index (χ0v) is 32.2. The fraction of sp³-hybridized carbons (Fsp3) is 0.325. The van der Waals surface area contributed by atoms with Gasteiger partial charge >= 0.3 is 0 Å². The Morgan fingerprint density at radius 2 is 1.72 bits per heavy atom. The largest absolute Gasteiger partial charge is 0.305 e. The summed E-state index contributed by atoms with van der Waals surface area (Å²) in [6, 6.07) is 21.9. The average Bonchev–Trinajstić information content (AvgIpc) is 3.42. The summed E-state index contributed by atoms with van der Waals surface area (Å²) < 4.78 is 68.8. The maximum atomic E-state index is 14.3. The number of nitrogens with zero attached hydrogens (tertiary/aromatic N) is 3. The molecule has 0 atom stereocenters. The summed E-state index contributed by atoms with van der Waals surface area (Å²) >= 11 is 1.41. The Labute approximate surface area is 308 Å². The number of rotatable bonds is 5. The van der Waals surface area contributed by atoms with E-state index < -0.39 is 27.7 Å². The minimum atomic E-state index is -2.25. The van der Waals surface area contributed by atoms with Crippen LogP contribution in [0.3, 0.4) is 0 Å². The van der Waals surface area contributed by atoms with Gasteiger partial charge in [-0.1, -0.05) is 90.3 Å². The van der Waals surface area contributed by atoms with Gasteiger partial charge in [0, 0.05) is 41.6 Å². The van der Waals surface area contributed by atoms with Gasteiger partial charge in [0.15, 0.2) is 0 Å². The number of hydrogen-bond donors (Lipinski definition) is 0. The molecule has 1 radical (unpaired) electrons. The number of pyridine rings is 3. The van der Waals surface area contributed by atoms with Crippen molar-refractivity contribution in [1.82, 2.24) is 15.0 Å². The minimum absolute atomic E-state index is 0. The molecular weight excluding hydrogens is 794 g/mol. The Kier molecular flexibility index (Phi) is 8.62. The molecule has 0 unspecified atom stereocenters. The van der Waals surface area contributed by atoms with E-state index in [0.717, 1.165) is 37.9 Å². The molecule has 47 heavy (non-hydrogen) atoms. The molecule has 0 bridgehead atoms. The van der Waals surface area contributed by atoms with Crippen LogP contribution in [0.4, 0.5) is 4.39 Å². The number of halogens is 1. The van der Waals surface area contributed by atoms with Crippen LogP contribution in [0, 0.1) is 37.1 Å². The molecule has 4 heterocycles. The standard InChI is InChI=1S/C22H20FN2S.C18H24NSi.Ir/c1-13-8-9-16-15-6-5-7-17(20(15)26-21(16)25-13)19-10-14(11-22(2,3)4)18(23)12-24-19;1-13(2)16-11-17(15-9-7-14(3)8-10-15)19-12-18(16)20(4,5)6;/h5-6,8-10,12H,11H2,1-4H3;7-9,11-13H,1-6H3;/q2*-1;/i1D3;3D3,13D;. The monoisotopic (exact) mass is 845 g/mol. The predicted molar refractivity (Wildman–Crippen MR) is 197 cm³/mol. The molecule has 0 saturated heterocycles. The first kappa shape index (κ1) is 27.8. The van der Waals surface area contributed by atoms with Crippen LogP contribution in [-0.2, 0) is 26.5 Å². The number of thiophene rings is 1. The summed E-state index contributed by atoms with van der Waals surface area (Å²) in [6.45, 7) is 12.3. The van der Waals surface area contributed by atoms with Crippen molar-refractivity contribution in [3.63, 3.8) is 0 Å². The quantitative estimate of drug-likeness (QED) is 0.128. The van der Waals surface area contributed by atoms with Crippen LogP contribution in [0.25, 0.3) is 42.8 Å². The second kappa shape index (κ2) is 14.6. The second-order valence-corrected chi connectivity index (χ2v) is 20.0. The predicted octanol–water partition coefficient (Wildman–Crippen LogP) is 10.9. The molecule has 0 fully saturated rings. The van der Waals surface area contributed by atoms with Gasteiger partial charge in [0.05, 0.1) is 14.3 Å². The Morgan fingerprint density at radius 1 is 0.957 bits per heavy atom. The zero-order chi connectivity index (χ0) is 39.3. The normalized spacial score (nSPS) is 14.8. The Hall–Kier alpha value is -3.09. The van der Waals surface area contributed by atoms with Crippen LogP contribution >= 0.6 is 11.3 Å². The van der Waals surface area contributed by atoms with Gasteiger partial charge in [-0.05, 0) is 62.9 Å². The van der Waals surface area contributed by atoms with E-state index >= 15 is 0 Å². The Bertz CT molecular complexity index is 2270.